The zero-order valence-corrected chi connectivity index (χ0v) is 18.7. The van der Waals surface area contributed by atoms with Gasteiger partial charge in [0.1, 0.15) is 0 Å². The molecule has 0 aliphatic carbocycles. The number of ether oxygens (including phenoxy) is 1. The third-order valence-corrected chi connectivity index (χ3v) is 6.70. The third kappa shape index (κ3) is 6.53. The molecule has 1 aliphatic heterocycles. The van der Waals surface area contributed by atoms with Crippen molar-refractivity contribution in [3.05, 3.63) is 71.3 Å². The van der Waals surface area contributed by atoms with Crippen LogP contribution in [-0.2, 0) is 17.7 Å². The number of rotatable bonds is 10. The molecule has 1 aliphatic rings. The van der Waals surface area contributed by atoms with E-state index in [0.717, 1.165) is 56.6 Å². The van der Waals surface area contributed by atoms with Crippen LogP contribution < -0.4 is 0 Å². The molecule has 0 radical (unpaired) electrons. The van der Waals surface area contributed by atoms with Crippen molar-refractivity contribution >= 4 is 22.4 Å². The number of hydrogen-bond acceptors (Lipinski definition) is 5. The summed E-state index contributed by atoms with van der Waals surface area (Å²) >= 11 is 1.14. The van der Waals surface area contributed by atoms with Crippen LogP contribution in [-0.4, -0.2) is 41.8 Å². The van der Waals surface area contributed by atoms with Gasteiger partial charge in [-0.15, -0.1) is 0 Å². The average Bonchev–Trinajstić information content (AvgIpc) is 2.79. The van der Waals surface area contributed by atoms with Gasteiger partial charge in [-0.3, -0.25) is 10.3 Å². The van der Waals surface area contributed by atoms with Gasteiger partial charge in [0, 0.05) is 18.7 Å². The Morgan fingerprint density at radius 2 is 1.77 bits per heavy atom. The molecule has 1 heterocycles. The Kier molecular flexibility index (Phi) is 8.67. The Labute approximate surface area is 185 Å². The van der Waals surface area contributed by atoms with E-state index >= 15 is 0 Å². The maximum Gasteiger partial charge on any atom is 0.0999 e. The van der Waals surface area contributed by atoms with E-state index in [0.29, 0.717) is 5.04 Å². The normalized spacial score (nSPS) is 16.3. The smallest absolute Gasteiger partial charge is 0.0999 e. The molecular formula is C25H33N3OS. The fourth-order valence-electron chi connectivity index (χ4n) is 4.17. The number of likely N-dealkylation sites (tertiary alicyclic amines) is 1. The van der Waals surface area contributed by atoms with Crippen molar-refractivity contribution in [2.75, 3.05) is 26.3 Å². The highest BCUT2D eigenvalue weighted by Crippen LogP contribution is 2.37. The van der Waals surface area contributed by atoms with Crippen LogP contribution in [0.4, 0.5) is 0 Å². The molecule has 5 heteroatoms. The molecule has 0 saturated carbocycles. The van der Waals surface area contributed by atoms with Gasteiger partial charge in [0.05, 0.1) is 17.2 Å². The van der Waals surface area contributed by atoms with E-state index in [4.69, 9.17) is 15.6 Å². The van der Waals surface area contributed by atoms with Crippen LogP contribution in [0.25, 0.3) is 0 Å². The monoisotopic (exact) mass is 423 g/mol. The summed E-state index contributed by atoms with van der Waals surface area (Å²) in [5.41, 5.74) is 5.07. The van der Waals surface area contributed by atoms with Crippen molar-refractivity contribution in [1.82, 2.24) is 4.90 Å². The number of thioether (sulfide) groups is 1. The van der Waals surface area contributed by atoms with Crippen LogP contribution in [0.3, 0.4) is 0 Å². The number of benzene rings is 2. The molecule has 0 atom stereocenters. The van der Waals surface area contributed by atoms with Crippen molar-refractivity contribution in [2.45, 2.75) is 39.2 Å². The van der Waals surface area contributed by atoms with Gasteiger partial charge < -0.3 is 10.1 Å². The first-order valence-electron chi connectivity index (χ1n) is 10.8. The summed E-state index contributed by atoms with van der Waals surface area (Å²) in [5.74, 6) is 0. The summed E-state index contributed by atoms with van der Waals surface area (Å²) < 4.78 is 5.92. The highest BCUT2D eigenvalue weighted by molar-refractivity contribution is 8.25. The van der Waals surface area contributed by atoms with Gasteiger partial charge >= 0.3 is 0 Å². The van der Waals surface area contributed by atoms with Gasteiger partial charge in [-0.1, -0.05) is 66.4 Å². The molecule has 0 amide bonds. The van der Waals surface area contributed by atoms with E-state index in [1.807, 2.05) is 12.1 Å². The Morgan fingerprint density at radius 1 is 1.07 bits per heavy atom. The van der Waals surface area contributed by atoms with E-state index in [1.165, 1.54) is 35.9 Å². The highest BCUT2D eigenvalue weighted by Gasteiger charge is 2.34. The lowest BCUT2D eigenvalue weighted by atomic mass is 9.74. The second kappa shape index (κ2) is 11.4. The quantitative estimate of drug-likeness (QED) is 0.386. The van der Waals surface area contributed by atoms with Crippen molar-refractivity contribution < 1.29 is 4.74 Å². The minimum Gasteiger partial charge on any atom is -0.381 e. The summed E-state index contributed by atoms with van der Waals surface area (Å²) in [4.78, 5) is 2.54. The van der Waals surface area contributed by atoms with Gasteiger partial charge in [-0.2, -0.15) is 0 Å². The van der Waals surface area contributed by atoms with Crippen LogP contribution in [0.15, 0.2) is 54.6 Å². The summed E-state index contributed by atoms with van der Waals surface area (Å²) in [6.07, 6.45) is 4.67. The van der Waals surface area contributed by atoms with E-state index < -0.39 is 0 Å². The number of nitrogens with zero attached hydrogens (tertiary/aromatic N) is 1. The topological polar surface area (TPSA) is 60.2 Å². The lowest BCUT2D eigenvalue weighted by Crippen LogP contribution is -2.42. The summed E-state index contributed by atoms with van der Waals surface area (Å²) in [6, 6.07) is 19.0. The van der Waals surface area contributed by atoms with Gasteiger partial charge in [0.15, 0.2) is 0 Å². The number of hydrogen-bond donors (Lipinski definition) is 2. The zero-order chi connectivity index (χ0) is 21.2. The summed E-state index contributed by atoms with van der Waals surface area (Å²) in [7, 11) is 0. The number of nitrogens with one attached hydrogen (secondary N) is 2. The molecule has 1 fully saturated rings. The van der Waals surface area contributed by atoms with Crippen molar-refractivity contribution in [3.8, 4) is 0 Å². The van der Waals surface area contributed by atoms with E-state index in [2.05, 4.69) is 54.3 Å². The third-order valence-electron chi connectivity index (χ3n) is 6.12. The van der Waals surface area contributed by atoms with Crippen LogP contribution in [0.2, 0.25) is 0 Å². The molecule has 30 heavy (non-hydrogen) atoms. The largest absolute Gasteiger partial charge is 0.381 e. The second-order valence-corrected chi connectivity index (χ2v) is 9.04. The lowest BCUT2D eigenvalue weighted by Gasteiger charge is -2.42. The van der Waals surface area contributed by atoms with Crippen molar-refractivity contribution in [1.29, 1.82) is 10.8 Å². The Morgan fingerprint density at radius 3 is 2.40 bits per heavy atom. The second-order valence-electron chi connectivity index (χ2n) is 8.16. The minimum absolute atomic E-state index is 0.283. The summed E-state index contributed by atoms with van der Waals surface area (Å²) in [5, 5.41) is 15.5. The molecule has 1 saturated heterocycles. The Bertz CT molecular complexity index is 799. The van der Waals surface area contributed by atoms with Crippen LogP contribution in [0, 0.1) is 16.2 Å². The molecule has 2 aromatic rings. The van der Waals surface area contributed by atoms with Gasteiger partial charge in [0.2, 0.25) is 0 Å². The van der Waals surface area contributed by atoms with Crippen molar-refractivity contribution in [2.24, 2.45) is 5.41 Å². The van der Waals surface area contributed by atoms with E-state index in [-0.39, 0.29) is 5.41 Å². The van der Waals surface area contributed by atoms with Gasteiger partial charge in [-0.25, -0.2) is 0 Å². The maximum absolute atomic E-state index is 7.94. The van der Waals surface area contributed by atoms with E-state index in [9.17, 15) is 0 Å². The zero-order valence-electron chi connectivity index (χ0n) is 17.9. The van der Waals surface area contributed by atoms with Crippen LogP contribution in [0.5, 0.6) is 0 Å². The van der Waals surface area contributed by atoms with Gasteiger partial charge in [-0.05, 0) is 62.2 Å². The highest BCUT2D eigenvalue weighted by atomic mass is 32.2. The predicted molar refractivity (Wildman–Crippen MR) is 128 cm³/mol. The molecule has 0 aromatic heterocycles. The first-order chi connectivity index (χ1) is 14.6. The molecular weight excluding hydrogens is 390 g/mol. The fraction of sp³-hybridized carbons (Fsp3) is 0.440. The molecule has 2 N–H and O–H groups in total. The molecule has 3 rings (SSSR count). The molecule has 0 bridgehead atoms. The van der Waals surface area contributed by atoms with E-state index in [1.54, 1.807) is 0 Å². The Balaban J connectivity index is 1.55. The average molecular weight is 424 g/mol. The number of piperidine rings is 1. The molecule has 4 nitrogen and oxygen atoms in total. The molecule has 0 spiro atoms. The molecule has 0 unspecified atom stereocenters. The molecule has 160 valence electrons. The lowest BCUT2D eigenvalue weighted by molar-refractivity contribution is -0.00232. The van der Waals surface area contributed by atoms with Crippen molar-refractivity contribution in [3.63, 3.8) is 0 Å². The maximum atomic E-state index is 7.94. The Hall–Kier alpha value is -1.95. The molecule has 2 aromatic carbocycles. The van der Waals surface area contributed by atoms with Crippen LogP contribution >= 0.6 is 11.8 Å². The minimum atomic E-state index is 0.283. The predicted octanol–water partition coefficient (Wildman–Crippen LogP) is 5.60. The first kappa shape index (κ1) is 22.7. The first-order valence-corrected chi connectivity index (χ1v) is 11.7. The standard InChI is InChI=1S/C25H33N3OS/c1-2-29-19-25(13-12-21-6-4-3-5-7-21)14-16-28(17-15-25)18-22-8-10-23(11-9-22)24(27)30-20-26/h3-11,20,26-27H,2,12-19H2,1H3. The summed E-state index contributed by atoms with van der Waals surface area (Å²) in [6.45, 7) is 6.89. The SMILES string of the molecule is CCOCC1(CCc2ccccc2)CCN(Cc2ccc(C(=N)SC=N)cc2)CC1. The van der Waals surface area contributed by atoms with Crippen LogP contribution in [0.1, 0.15) is 42.9 Å². The van der Waals surface area contributed by atoms with Gasteiger partial charge in [0.25, 0.3) is 0 Å². The number of aryl methyl sites for hydroxylation is 1. The fourth-order valence-corrected chi connectivity index (χ4v) is 4.56.